The summed E-state index contributed by atoms with van der Waals surface area (Å²) in [5.74, 6) is -0.261. The van der Waals surface area contributed by atoms with Gasteiger partial charge in [-0.15, -0.1) is 0 Å². The van der Waals surface area contributed by atoms with E-state index >= 15 is 0 Å². The minimum absolute atomic E-state index is 0.261. The summed E-state index contributed by atoms with van der Waals surface area (Å²) in [4.78, 5) is 0. The predicted octanol–water partition coefficient (Wildman–Crippen LogP) is 3.51. The van der Waals surface area contributed by atoms with Crippen LogP contribution in [0.2, 0.25) is 10.6 Å². The molecule has 0 aliphatic rings. The SMILES string of the molecule is CCCC[Se]CC(C#N)C(O)c1cccc(C)c1. The van der Waals surface area contributed by atoms with Gasteiger partial charge in [0.1, 0.15) is 0 Å². The van der Waals surface area contributed by atoms with Crippen molar-refractivity contribution in [1.82, 2.24) is 0 Å². The Morgan fingerprint density at radius 1 is 1.44 bits per heavy atom. The fourth-order valence-corrected chi connectivity index (χ4v) is 4.20. The Balaban J connectivity index is 2.57. The summed E-state index contributed by atoms with van der Waals surface area (Å²) in [5, 5.41) is 21.5. The van der Waals surface area contributed by atoms with E-state index in [1.165, 1.54) is 18.2 Å². The molecule has 1 rings (SSSR count). The molecule has 0 heterocycles. The van der Waals surface area contributed by atoms with Gasteiger partial charge in [-0.3, -0.25) is 0 Å². The summed E-state index contributed by atoms with van der Waals surface area (Å²) >= 11 is 0.473. The Morgan fingerprint density at radius 2 is 2.22 bits per heavy atom. The number of hydrogen-bond donors (Lipinski definition) is 1. The number of aliphatic hydroxyl groups is 1. The zero-order valence-electron chi connectivity index (χ0n) is 11.1. The van der Waals surface area contributed by atoms with Crippen LogP contribution < -0.4 is 0 Å². The zero-order chi connectivity index (χ0) is 13.4. The topological polar surface area (TPSA) is 44.0 Å². The van der Waals surface area contributed by atoms with Crippen LogP contribution in [0.3, 0.4) is 0 Å². The second-order valence-corrected chi connectivity index (χ2v) is 6.94. The van der Waals surface area contributed by atoms with Crippen LogP contribution in [0.4, 0.5) is 0 Å². The van der Waals surface area contributed by atoms with Gasteiger partial charge in [-0.2, -0.15) is 0 Å². The van der Waals surface area contributed by atoms with Gasteiger partial charge in [0, 0.05) is 0 Å². The average Bonchev–Trinajstić information content (AvgIpc) is 2.38. The number of benzene rings is 1. The third-order valence-electron chi connectivity index (χ3n) is 2.87. The van der Waals surface area contributed by atoms with E-state index in [1.54, 1.807) is 0 Å². The molecule has 2 atom stereocenters. The van der Waals surface area contributed by atoms with Crippen LogP contribution in [-0.2, 0) is 0 Å². The number of hydrogen-bond acceptors (Lipinski definition) is 2. The Bertz CT molecular complexity index is 400. The van der Waals surface area contributed by atoms with Crippen LogP contribution in [0.15, 0.2) is 24.3 Å². The van der Waals surface area contributed by atoms with Crippen molar-refractivity contribution in [3.63, 3.8) is 0 Å². The molecule has 0 aliphatic heterocycles. The standard InChI is InChI=1S/C15H21NOSe/c1-3-4-8-18-11-14(10-16)15(17)13-7-5-6-12(2)9-13/h5-7,9,14-15,17H,3-4,8,11H2,1-2H3. The monoisotopic (exact) mass is 311 g/mol. The first-order chi connectivity index (χ1) is 8.69. The van der Waals surface area contributed by atoms with E-state index in [0.29, 0.717) is 15.0 Å². The molecule has 1 N–H and O–H groups in total. The molecule has 3 heteroatoms. The third kappa shape index (κ3) is 4.82. The molecule has 1 aromatic rings. The number of unbranched alkanes of at least 4 members (excludes halogenated alkanes) is 1. The first-order valence-electron chi connectivity index (χ1n) is 6.41. The van der Waals surface area contributed by atoms with E-state index in [2.05, 4.69) is 13.0 Å². The van der Waals surface area contributed by atoms with Crippen LogP contribution in [0.1, 0.15) is 37.0 Å². The second-order valence-electron chi connectivity index (χ2n) is 4.52. The van der Waals surface area contributed by atoms with E-state index in [1.807, 2.05) is 31.2 Å². The number of nitriles is 1. The van der Waals surface area contributed by atoms with Crippen LogP contribution >= 0.6 is 0 Å². The molecule has 2 unspecified atom stereocenters. The van der Waals surface area contributed by atoms with Crippen LogP contribution in [0.25, 0.3) is 0 Å². The molecular formula is C15H21NOSe. The Labute approximate surface area is 116 Å². The molecule has 0 fully saturated rings. The van der Waals surface area contributed by atoms with E-state index in [4.69, 9.17) is 0 Å². The molecule has 1 aromatic carbocycles. The number of nitrogens with zero attached hydrogens (tertiary/aromatic N) is 1. The minimum atomic E-state index is -0.640. The van der Waals surface area contributed by atoms with Gasteiger partial charge in [-0.05, 0) is 0 Å². The summed E-state index contributed by atoms with van der Waals surface area (Å²) in [6, 6.07) is 10.1. The quantitative estimate of drug-likeness (QED) is 0.619. The number of aryl methyl sites for hydroxylation is 1. The van der Waals surface area contributed by atoms with Crippen molar-refractivity contribution in [2.24, 2.45) is 5.92 Å². The van der Waals surface area contributed by atoms with Crippen molar-refractivity contribution in [2.45, 2.75) is 43.4 Å². The van der Waals surface area contributed by atoms with E-state index < -0.39 is 6.10 Å². The van der Waals surface area contributed by atoms with Gasteiger partial charge in [0.05, 0.1) is 0 Å². The number of aliphatic hydroxyl groups excluding tert-OH is 1. The Hall–Kier alpha value is -0.811. The number of rotatable bonds is 7. The van der Waals surface area contributed by atoms with Crippen molar-refractivity contribution in [3.8, 4) is 6.07 Å². The van der Waals surface area contributed by atoms with Crippen molar-refractivity contribution < 1.29 is 5.11 Å². The van der Waals surface area contributed by atoms with Crippen LogP contribution in [0, 0.1) is 24.2 Å². The molecule has 0 aliphatic carbocycles. The molecule has 0 bridgehead atoms. The fourth-order valence-electron chi connectivity index (χ4n) is 1.74. The van der Waals surface area contributed by atoms with E-state index in [-0.39, 0.29) is 5.92 Å². The molecule has 98 valence electrons. The van der Waals surface area contributed by atoms with Gasteiger partial charge < -0.3 is 0 Å². The van der Waals surface area contributed by atoms with Crippen molar-refractivity contribution in [2.75, 3.05) is 0 Å². The van der Waals surface area contributed by atoms with Crippen LogP contribution in [-0.4, -0.2) is 20.1 Å². The van der Waals surface area contributed by atoms with Crippen molar-refractivity contribution in [1.29, 1.82) is 5.26 Å². The van der Waals surface area contributed by atoms with Gasteiger partial charge in [0.15, 0.2) is 0 Å². The zero-order valence-corrected chi connectivity index (χ0v) is 12.8. The second kappa shape index (κ2) is 8.32. The molecular weight excluding hydrogens is 289 g/mol. The van der Waals surface area contributed by atoms with E-state index in [0.717, 1.165) is 16.4 Å². The van der Waals surface area contributed by atoms with Crippen molar-refractivity contribution >= 4 is 15.0 Å². The first kappa shape index (κ1) is 15.2. The van der Waals surface area contributed by atoms with E-state index in [9.17, 15) is 10.4 Å². The van der Waals surface area contributed by atoms with Gasteiger partial charge in [0.2, 0.25) is 0 Å². The fraction of sp³-hybridized carbons (Fsp3) is 0.533. The summed E-state index contributed by atoms with van der Waals surface area (Å²) in [7, 11) is 0. The Morgan fingerprint density at radius 3 is 2.83 bits per heavy atom. The first-order valence-corrected chi connectivity index (χ1v) is 8.83. The normalized spacial score (nSPS) is 13.9. The molecule has 2 nitrogen and oxygen atoms in total. The molecule has 0 spiro atoms. The van der Waals surface area contributed by atoms with Gasteiger partial charge in [-0.25, -0.2) is 0 Å². The molecule has 0 aromatic heterocycles. The third-order valence-corrected chi connectivity index (χ3v) is 5.33. The molecule has 0 radical (unpaired) electrons. The summed E-state index contributed by atoms with van der Waals surface area (Å²) in [6.07, 6.45) is 1.80. The summed E-state index contributed by atoms with van der Waals surface area (Å²) in [6.45, 7) is 4.18. The molecule has 0 saturated carbocycles. The molecule has 0 saturated heterocycles. The van der Waals surface area contributed by atoms with Gasteiger partial charge >= 0.3 is 116 Å². The molecule has 0 amide bonds. The maximum atomic E-state index is 10.2. The maximum absolute atomic E-state index is 10.2. The van der Waals surface area contributed by atoms with Crippen molar-refractivity contribution in [3.05, 3.63) is 35.4 Å². The van der Waals surface area contributed by atoms with Gasteiger partial charge in [0.25, 0.3) is 0 Å². The Kier molecular flexibility index (Phi) is 7.05. The summed E-state index contributed by atoms with van der Waals surface area (Å²) < 4.78 is 0. The summed E-state index contributed by atoms with van der Waals surface area (Å²) in [5.41, 5.74) is 1.99. The van der Waals surface area contributed by atoms with Crippen LogP contribution in [0.5, 0.6) is 0 Å². The predicted molar refractivity (Wildman–Crippen MR) is 75.5 cm³/mol. The van der Waals surface area contributed by atoms with Gasteiger partial charge in [-0.1, -0.05) is 0 Å². The average molecular weight is 310 g/mol. The molecule has 18 heavy (non-hydrogen) atoms.